The zero-order valence-corrected chi connectivity index (χ0v) is 5.83. The molecule has 2 nitrogen and oxygen atoms in total. The van der Waals surface area contributed by atoms with Gasteiger partial charge in [0.1, 0.15) is 0 Å². The van der Waals surface area contributed by atoms with Crippen molar-refractivity contribution in [3.63, 3.8) is 0 Å². The Labute approximate surface area is 60.4 Å². The van der Waals surface area contributed by atoms with Crippen molar-refractivity contribution in [1.29, 1.82) is 0 Å². The van der Waals surface area contributed by atoms with Gasteiger partial charge in [0.2, 0.25) is 0 Å². The van der Waals surface area contributed by atoms with E-state index in [2.05, 4.69) is 16.1 Å². The van der Waals surface area contributed by atoms with Gasteiger partial charge < -0.3 is 0 Å². The molecule has 0 fully saturated rings. The molecule has 0 saturated heterocycles. The summed E-state index contributed by atoms with van der Waals surface area (Å²) in [4.78, 5) is 8.68. The lowest BCUT2D eigenvalue weighted by Crippen LogP contribution is -2.23. The highest BCUT2D eigenvalue weighted by Gasteiger charge is 2.16. The predicted molar refractivity (Wildman–Crippen MR) is 43.0 cm³/mol. The number of dihydropyridines is 1. The van der Waals surface area contributed by atoms with Gasteiger partial charge in [-0.25, -0.2) is 0 Å². The van der Waals surface area contributed by atoms with E-state index in [1.54, 1.807) is 0 Å². The summed E-state index contributed by atoms with van der Waals surface area (Å²) >= 11 is 0. The number of fused-ring (bicyclic) bond motifs is 1. The molecule has 0 aromatic carbocycles. The highest BCUT2D eigenvalue weighted by atomic mass is 14.9. The smallest absolute Gasteiger partial charge is 0.0915 e. The Bertz CT molecular complexity index is 213. The molecule has 1 unspecified atom stereocenters. The van der Waals surface area contributed by atoms with Gasteiger partial charge in [0.15, 0.2) is 0 Å². The topological polar surface area (TPSA) is 24.7 Å². The second kappa shape index (κ2) is 2.37. The van der Waals surface area contributed by atoms with Crippen LogP contribution in [0.5, 0.6) is 0 Å². The molecule has 0 saturated carbocycles. The Kier molecular flexibility index (Phi) is 1.38. The van der Waals surface area contributed by atoms with E-state index in [4.69, 9.17) is 0 Å². The van der Waals surface area contributed by atoms with Crippen molar-refractivity contribution >= 4 is 11.9 Å². The van der Waals surface area contributed by atoms with E-state index in [0.29, 0.717) is 6.04 Å². The second-order valence-corrected chi connectivity index (χ2v) is 2.62. The first kappa shape index (κ1) is 5.83. The quantitative estimate of drug-likeness (QED) is 0.476. The monoisotopic (exact) mass is 134 g/mol. The highest BCUT2D eigenvalue weighted by Crippen LogP contribution is 2.13. The van der Waals surface area contributed by atoms with Crippen molar-refractivity contribution in [2.75, 3.05) is 6.54 Å². The molecule has 1 atom stereocenters. The van der Waals surface area contributed by atoms with Crippen LogP contribution >= 0.6 is 0 Å². The van der Waals surface area contributed by atoms with Crippen LogP contribution in [0.25, 0.3) is 0 Å². The molecule has 0 spiro atoms. The number of rotatable bonds is 0. The third-order valence-corrected chi connectivity index (χ3v) is 1.89. The van der Waals surface area contributed by atoms with E-state index in [1.165, 1.54) is 18.6 Å². The summed E-state index contributed by atoms with van der Waals surface area (Å²) in [5.74, 6) is 0. The Morgan fingerprint density at radius 1 is 1.50 bits per heavy atom. The highest BCUT2D eigenvalue weighted by molar-refractivity contribution is 6.05. The summed E-state index contributed by atoms with van der Waals surface area (Å²) < 4.78 is 0. The van der Waals surface area contributed by atoms with E-state index in [9.17, 15) is 0 Å². The maximum absolute atomic E-state index is 4.37. The summed E-state index contributed by atoms with van der Waals surface area (Å²) in [7, 11) is 0. The van der Waals surface area contributed by atoms with Crippen molar-refractivity contribution in [2.45, 2.75) is 18.9 Å². The summed E-state index contributed by atoms with van der Waals surface area (Å²) in [6.45, 7) is 0.992. The maximum Gasteiger partial charge on any atom is 0.0915 e. The predicted octanol–water partition coefficient (Wildman–Crippen LogP) is 1.23. The third kappa shape index (κ3) is 0.897. The largest absolute Gasteiger partial charge is 0.287 e. The van der Waals surface area contributed by atoms with Crippen LogP contribution in [0.3, 0.4) is 0 Å². The molecule has 2 heteroatoms. The molecule has 0 N–H and O–H groups in total. The lowest BCUT2D eigenvalue weighted by Gasteiger charge is -2.18. The van der Waals surface area contributed by atoms with Crippen molar-refractivity contribution in [3.8, 4) is 0 Å². The number of allylic oxidation sites excluding steroid dienone is 1. The average molecular weight is 134 g/mol. The van der Waals surface area contributed by atoms with Crippen LogP contribution in [0.4, 0.5) is 0 Å². The molecule has 2 rings (SSSR count). The van der Waals surface area contributed by atoms with Crippen LogP contribution in [0.15, 0.2) is 22.1 Å². The van der Waals surface area contributed by atoms with Gasteiger partial charge >= 0.3 is 0 Å². The lowest BCUT2D eigenvalue weighted by molar-refractivity contribution is 0.667. The molecular weight excluding hydrogens is 124 g/mol. The molecule has 0 amide bonds. The van der Waals surface area contributed by atoms with Crippen LogP contribution in [0.1, 0.15) is 12.8 Å². The van der Waals surface area contributed by atoms with Gasteiger partial charge in [-0.05, 0) is 25.0 Å². The summed E-state index contributed by atoms with van der Waals surface area (Å²) in [5, 5.41) is 0. The Morgan fingerprint density at radius 3 is 3.40 bits per heavy atom. The van der Waals surface area contributed by atoms with Gasteiger partial charge in [-0.1, -0.05) is 0 Å². The van der Waals surface area contributed by atoms with Crippen molar-refractivity contribution in [1.82, 2.24) is 0 Å². The van der Waals surface area contributed by atoms with Gasteiger partial charge in [-0.3, -0.25) is 9.98 Å². The summed E-state index contributed by atoms with van der Waals surface area (Å²) in [6.07, 6.45) is 8.27. The van der Waals surface area contributed by atoms with Gasteiger partial charge in [0.25, 0.3) is 0 Å². The molecule has 52 valence electrons. The van der Waals surface area contributed by atoms with Gasteiger partial charge in [-0.15, -0.1) is 0 Å². The maximum atomic E-state index is 4.37. The number of hydrogen-bond donors (Lipinski definition) is 0. The first-order valence-corrected chi connectivity index (χ1v) is 3.71. The molecule has 0 aromatic heterocycles. The molecule has 10 heavy (non-hydrogen) atoms. The van der Waals surface area contributed by atoms with Crippen molar-refractivity contribution in [3.05, 3.63) is 12.2 Å². The number of nitrogens with zero attached hydrogens (tertiary/aromatic N) is 2. The van der Waals surface area contributed by atoms with Crippen LogP contribution in [0, 0.1) is 0 Å². The first-order chi connectivity index (χ1) is 4.97. The summed E-state index contributed by atoms with van der Waals surface area (Å²) in [5.41, 5.74) is 1.17. The molecule has 0 radical (unpaired) electrons. The molecule has 2 heterocycles. The van der Waals surface area contributed by atoms with E-state index < -0.39 is 0 Å². The minimum atomic E-state index is 0.388. The van der Waals surface area contributed by atoms with Gasteiger partial charge in [0.05, 0.1) is 11.8 Å². The minimum absolute atomic E-state index is 0.388. The summed E-state index contributed by atoms with van der Waals surface area (Å²) in [6, 6.07) is 0.388. The van der Waals surface area contributed by atoms with E-state index >= 15 is 0 Å². The normalized spacial score (nSPS) is 29.6. The molecule has 0 aromatic rings. The second-order valence-electron chi connectivity index (χ2n) is 2.62. The Hall–Kier alpha value is -0.920. The fourth-order valence-corrected chi connectivity index (χ4v) is 1.36. The zero-order valence-electron chi connectivity index (χ0n) is 5.83. The van der Waals surface area contributed by atoms with E-state index in [-0.39, 0.29) is 0 Å². The zero-order chi connectivity index (χ0) is 6.81. The molecule has 0 bridgehead atoms. The minimum Gasteiger partial charge on any atom is -0.287 e. The van der Waals surface area contributed by atoms with Crippen LogP contribution in [-0.4, -0.2) is 24.5 Å². The number of hydrogen-bond acceptors (Lipinski definition) is 2. The van der Waals surface area contributed by atoms with Crippen LogP contribution < -0.4 is 0 Å². The SMILES string of the molecule is C1=CC2=NCCCC2N=C1. The molecule has 2 aliphatic rings. The Morgan fingerprint density at radius 2 is 2.50 bits per heavy atom. The first-order valence-electron chi connectivity index (χ1n) is 3.71. The van der Waals surface area contributed by atoms with Crippen LogP contribution in [0.2, 0.25) is 0 Å². The van der Waals surface area contributed by atoms with Crippen molar-refractivity contribution in [2.24, 2.45) is 9.98 Å². The van der Waals surface area contributed by atoms with Crippen LogP contribution in [-0.2, 0) is 0 Å². The molecule has 0 aliphatic carbocycles. The van der Waals surface area contributed by atoms with E-state index in [0.717, 1.165) is 6.54 Å². The Balaban J connectivity index is 2.27. The molecule has 2 aliphatic heterocycles. The van der Waals surface area contributed by atoms with Gasteiger partial charge in [0, 0.05) is 12.8 Å². The fraction of sp³-hybridized carbons (Fsp3) is 0.500. The fourth-order valence-electron chi connectivity index (χ4n) is 1.36. The van der Waals surface area contributed by atoms with Crippen molar-refractivity contribution < 1.29 is 0 Å². The standard InChI is InChI=1S/C8H10N2/c1-3-7-8(9-5-1)4-2-6-10-7/h1,3,5,8H,2,4,6H2. The lowest BCUT2D eigenvalue weighted by atomic mass is 10.0. The van der Waals surface area contributed by atoms with Gasteiger partial charge in [-0.2, -0.15) is 0 Å². The number of aliphatic imine (C=N–C) groups is 2. The molecular formula is C8H10N2. The van der Waals surface area contributed by atoms with E-state index in [1.807, 2.05) is 12.3 Å². The average Bonchev–Trinajstić information content (AvgIpc) is 2.05. The third-order valence-electron chi connectivity index (χ3n) is 1.89.